The van der Waals surface area contributed by atoms with E-state index in [0.717, 1.165) is 5.92 Å². The third-order valence-corrected chi connectivity index (χ3v) is 4.28. The van der Waals surface area contributed by atoms with E-state index in [2.05, 4.69) is 4.90 Å². The fraction of sp³-hybridized carbons (Fsp3) is 1.00. The monoisotopic (exact) mass is 215 g/mol. The van der Waals surface area contributed by atoms with E-state index in [0.29, 0.717) is 5.38 Å². The van der Waals surface area contributed by atoms with Gasteiger partial charge < -0.3 is 4.90 Å². The van der Waals surface area contributed by atoms with Crippen LogP contribution in [0.1, 0.15) is 44.9 Å². The van der Waals surface area contributed by atoms with Gasteiger partial charge in [-0.05, 0) is 44.8 Å². The first-order chi connectivity index (χ1) is 6.84. The molecule has 2 heteroatoms. The van der Waals surface area contributed by atoms with E-state index in [-0.39, 0.29) is 0 Å². The Balaban J connectivity index is 1.60. The highest BCUT2D eigenvalue weighted by Gasteiger charge is 2.19. The van der Waals surface area contributed by atoms with Crippen LogP contribution in [0.4, 0.5) is 0 Å². The van der Waals surface area contributed by atoms with Gasteiger partial charge in [-0.3, -0.25) is 0 Å². The molecule has 0 atom stereocenters. The Hall–Kier alpha value is 0.250. The van der Waals surface area contributed by atoms with E-state index >= 15 is 0 Å². The molecule has 1 nitrogen and oxygen atoms in total. The molecule has 1 aliphatic carbocycles. The molecule has 0 aromatic rings. The van der Waals surface area contributed by atoms with Crippen LogP contribution >= 0.6 is 11.6 Å². The Morgan fingerprint density at radius 3 is 2.29 bits per heavy atom. The van der Waals surface area contributed by atoms with Crippen molar-refractivity contribution in [1.82, 2.24) is 4.90 Å². The van der Waals surface area contributed by atoms with Gasteiger partial charge in [0.2, 0.25) is 0 Å². The van der Waals surface area contributed by atoms with Gasteiger partial charge in [0.15, 0.2) is 0 Å². The fourth-order valence-corrected chi connectivity index (χ4v) is 2.98. The van der Waals surface area contributed by atoms with Crippen LogP contribution in [-0.2, 0) is 0 Å². The highest BCUT2D eigenvalue weighted by atomic mass is 35.5. The van der Waals surface area contributed by atoms with Crippen molar-refractivity contribution >= 4 is 11.6 Å². The minimum absolute atomic E-state index is 0.456. The van der Waals surface area contributed by atoms with E-state index in [4.69, 9.17) is 11.6 Å². The number of hydrogen-bond acceptors (Lipinski definition) is 1. The van der Waals surface area contributed by atoms with Gasteiger partial charge in [-0.15, -0.1) is 11.6 Å². The molecule has 82 valence electrons. The normalized spacial score (nSPS) is 27.2. The Kier molecular flexibility index (Phi) is 4.12. The Morgan fingerprint density at radius 2 is 1.64 bits per heavy atom. The predicted octanol–water partition coefficient (Wildman–Crippen LogP) is 3.27. The molecule has 0 unspecified atom stereocenters. The average Bonchev–Trinajstić information content (AvgIpc) is 2.70. The van der Waals surface area contributed by atoms with Gasteiger partial charge in [-0.1, -0.05) is 25.7 Å². The lowest BCUT2D eigenvalue weighted by atomic mass is 10.0. The molecule has 1 saturated heterocycles. The van der Waals surface area contributed by atoms with Crippen LogP contribution < -0.4 is 0 Å². The Bertz CT molecular complexity index is 158. The van der Waals surface area contributed by atoms with Gasteiger partial charge in [0.25, 0.3) is 0 Å². The number of piperidine rings is 1. The van der Waals surface area contributed by atoms with Crippen molar-refractivity contribution in [2.45, 2.75) is 50.3 Å². The Morgan fingerprint density at radius 1 is 1.00 bits per heavy atom. The number of rotatable bonds is 3. The molecule has 0 N–H and O–H groups in total. The summed E-state index contributed by atoms with van der Waals surface area (Å²) in [5.41, 5.74) is 0. The Labute approximate surface area is 92.8 Å². The second-order valence-corrected chi connectivity index (χ2v) is 5.57. The molecule has 14 heavy (non-hydrogen) atoms. The maximum atomic E-state index is 6.08. The summed E-state index contributed by atoms with van der Waals surface area (Å²) in [4.78, 5) is 2.61. The van der Waals surface area contributed by atoms with Crippen molar-refractivity contribution < 1.29 is 0 Å². The van der Waals surface area contributed by atoms with Crippen LogP contribution in [-0.4, -0.2) is 29.9 Å². The van der Waals surface area contributed by atoms with Gasteiger partial charge in [0.05, 0.1) is 0 Å². The minimum atomic E-state index is 0.456. The van der Waals surface area contributed by atoms with E-state index in [9.17, 15) is 0 Å². The predicted molar refractivity (Wildman–Crippen MR) is 61.9 cm³/mol. The van der Waals surface area contributed by atoms with Gasteiger partial charge >= 0.3 is 0 Å². The number of likely N-dealkylation sites (tertiary alicyclic amines) is 1. The van der Waals surface area contributed by atoms with Crippen molar-refractivity contribution in [1.29, 1.82) is 0 Å². The third kappa shape index (κ3) is 3.13. The van der Waals surface area contributed by atoms with Crippen LogP contribution in [0.5, 0.6) is 0 Å². The molecule has 2 fully saturated rings. The topological polar surface area (TPSA) is 3.24 Å². The SMILES string of the molecule is ClC1CCN(CCC2CCCC2)CC1. The van der Waals surface area contributed by atoms with Crippen LogP contribution in [0.3, 0.4) is 0 Å². The van der Waals surface area contributed by atoms with Crippen molar-refractivity contribution in [2.75, 3.05) is 19.6 Å². The molecule has 2 rings (SSSR count). The maximum Gasteiger partial charge on any atom is 0.0360 e. The summed E-state index contributed by atoms with van der Waals surface area (Å²) < 4.78 is 0. The molecule has 0 aromatic heterocycles. The zero-order chi connectivity index (χ0) is 9.80. The molecule has 0 amide bonds. The number of alkyl halides is 1. The highest BCUT2D eigenvalue weighted by Crippen LogP contribution is 2.28. The lowest BCUT2D eigenvalue weighted by Gasteiger charge is -2.29. The summed E-state index contributed by atoms with van der Waals surface area (Å²) in [5, 5.41) is 0.456. The van der Waals surface area contributed by atoms with Crippen LogP contribution in [0.25, 0.3) is 0 Å². The van der Waals surface area contributed by atoms with E-state index in [1.165, 1.54) is 64.6 Å². The molecule has 1 heterocycles. The molecule has 0 bridgehead atoms. The quantitative estimate of drug-likeness (QED) is 0.654. The summed E-state index contributed by atoms with van der Waals surface area (Å²) in [6, 6.07) is 0. The maximum absolute atomic E-state index is 6.08. The van der Waals surface area contributed by atoms with Crippen molar-refractivity contribution in [3.05, 3.63) is 0 Å². The first-order valence-corrected chi connectivity index (χ1v) is 6.64. The molecule has 1 saturated carbocycles. The van der Waals surface area contributed by atoms with Gasteiger partial charge in [-0.25, -0.2) is 0 Å². The summed E-state index contributed by atoms with van der Waals surface area (Å²) in [7, 11) is 0. The van der Waals surface area contributed by atoms with Crippen LogP contribution in [0.2, 0.25) is 0 Å². The first kappa shape index (κ1) is 10.8. The molecule has 1 aliphatic heterocycles. The lowest BCUT2D eigenvalue weighted by molar-refractivity contribution is 0.215. The summed E-state index contributed by atoms with van der Waals surface area (Å²) in [6.07, 6.45) is 9.78. The van der Waals surface area contributed by atoms with Gasteiger partial charge in [0.1, 0.15) is 0 Å². The summed E-state index contributed by atoms with van der Waals surface area (Å²) >= 11 is 6.08. The summed E-state index contributed by atoms with van der Waals surface area (Å²) in [6.45, 7) is 3.80. The zero-order valence-corrected chi connectivity index (χ0v) is 9.81. The third-order valence-electron chi connectivity index (χ3n) is 3.85. The fourth-order valence-electron chi connectivity index (χ4n) is 2.79. The van der Waals surface area contributed by atoms with E-state index < -0.39 is 0 Å². The second kappa shape index (κ2) is 5.37. The molecule has 0 aromatic carbocycles. The first-order valence-electron chi connectivity index (χ1n) is 6.21. The van der Waals surface area contributed by atoms with Crippen LogP contribution in [0, 0.1) is 5.92 Å². The van der Waals surface area contributed by atoms with Crippen LogP contribution in [0.15, 0.2) is 0 Å². The second-order valence-electron chi connectivity index (χ2n) is 4.96. The largest absolute Gasteiger partial charge is 0.303 e. The standard InChI is InChI=1S/C12H22ClN/c13-12-6-9-14(10-7-12)8-5-11-3-1-2-4-11/h11-12H,1-10H2. The van der Waals surface area contributed by atoms with Crippen molar-refractivity contribution in [3.8, 4) is 0 Å². The van der Waals surface area contributed by atoms with E-state index in [1.54, 1.807) is 0 Å². The zero-order valence-electron chi connectivity index (χ0n) is 9.05. The molecule has 0 spiro atoms. The van der Waals surface area contributed by atoms with Crippen molar-refractivity contribution in [3.63, 3.8) is 0 Å². The molecular weight excluding hydrogens is 194 g/mol. The number of halogens is 1. The highest BCUT2D eigenvalue weighted by molar-refractivity contribution is 6.20. The summed E-state index contributed by atoms with van der Waals surface area (Å²) in [5.74, 6) is 1.05. The van der Waals surface area contributed by atoms with Gasteiger partial charge in [0, 0.05) is 5.38 Å². The molecular formula is C12H22ClN. The smallest absolute Gasteiger partial charge is 0.0360 e. The molecule has 0 radical (unpaired) electrons. The number of nitrogens with zero attached hydrogens (tertiary/aromatic N) is 1. The van der Waals surface area contributed by atoms with E-state index in [1.807, 2.05) is 0 Å². The number of hydrogen-bond donors (Lipinski definition) is 0. The van der Waals surface area contributed by atoms with Crippen molar-refractivity contribution in [2.24, 2.45) is 5.92 Å². The molecule has 2 aliphatic rings. The van der Waals surface area contributed by atoms with Gasteiger partial charge in [-0.2, -0.15) is 0 Å². The average molecular weight is 216 g/mol. The minimum Gasteiger partial charge on any atom is -0.303 e. The lowest BCUT2D eigenvalue weighted by Crippen LogP contribution is -2.35.